The summed E-state index contributed by atoms with van der Waals surface area (Å²) in [7, 11) is 0. The normalized spacial score (nSPS) is 9.85. The van der Waals surface area contributed by atoms with E-state index in [1.807, 2.05) is 0 Å². The van der Waals surface area contributed by atoms with Crippen LogP contribution in [-0.2, 0) is 9.53 Å². The molecule has 0 aliphatic carbocycles. The van der Waals surface area contributed by atoms with E-state index < -0.39 is 0 Å². The zero-order valence-electron chi connectivity index (χ0n) is 11.6. The average molecular weight is 295 g/mol. The SMILES string of the molecule is CCOC(=O)CCCCCNc1cc(Cl)ccc1C#N. The molecule has 0 fully saturated rings. The molecule has 0 bridgehead atoms. The Morgan fingerprint density at radius 2 is 2.20 bits per heavy atom. The summed E-state index contributed by atoms with van der Waals surface area (Å²) in [6, 6.07) is 7.27. The van der Waals surface area contributed by atoms with E-state index in [1.165, 1.54) is 0 Å². The van der Waals surface area contributed by atoms with Gasteiger partial charge in [-0.2, -0.15) is 5.26 Å². The van der Waals surface area contributed by atoms with Gasteiger partial charge < -0.3 is 10.1 Å². The van der Waals surface area contributed by atoms with Gasteiger partial charge in [-0.25, -0.2) is 0 Å². The molecule has 4 nitrogen and oxygen atoms in total. The van der Waals surface area contributed by atoms with Gasteiger partial charge in [0, 0.05) is 18.0 Å². The van der Waals surface area contributed by atoms with Crippen LogP contribution in [0.5, 0.6) is 0 Å². The molecule has 0 aliphatic heterocycles. The minimum absolute atomic E-state index is 0.137. The summed E-state index contributed by atoms with van der Waals surface area (Å²) in [5.41, 5.74) is 1.34. The Kier molecular flexibility index (Phi) is 7.52. The van der Waals surface area contributed by atoms with E-state index in [1.54, 1.807) is 25.1 Å². The van der Waals surface area contributed by atoms with Crippen LogP contribution in [0.25, 0.3) is 0 Å². The summed E-state index contributed by atoms with van der Waals surface area (Å²) in [4.78, 5) is 11.1. The number of halogens is 1. The van der Waals surface area contributed by atoms with Crippen LogP contribution in [0.15, 0.2) is 18.2 Å². The molecule has 5 heteroatoms. The molecule has 1 rings (SSSR count). The number of rotatable bonds is 8. The summed E-state index contributed by atoms with van der Waals surface area (Å²) in [5.74, 6) is -0.137. The maximum atomic E-state index is 11.1. The fourth-order valence-electron chi connectivity index (χ4n) is 1.79. The molecule has 20 heavy (non-hydrogen) atoms. The predicted octanol–water partition coefficient (Wildman–Crippen LogP) is 3.75. The van der Waals surface area contributed by atoms with E-state index in [9.17, 15) is 4.79 Å². The Bertz CT molecular complexity index is 483. The summed E-state index contributed by atoms with van der Waals surface area (Å²) in [5, 5.41) is 12.8. The van der Waals surface area contributed by atoms with Gasteiger partial charge in [0.1, 0.15) is 6.07 Å². The monoisotopic (exact) mass is 294 g/mol. The van der Waals surface area contributed by atoms with E-state index in [-0.39, 0.29) is 5.97 Å². The van der Waals surface area contributed by atoms with Crippen LogP contribution in [0.2, 0.25) is 5.02 Å². The molecule has 0 atom stereocenters. The summed E-state index contributed by atoms with van der Waals surface area (Å²) in [6.07, 6.45) is 3.15. The van der Waals surface area contributed by atoms with E-state index in [0.717, 1.165) is 31.5 Å². The lowest BCUT2D eigenvalue weighted by Crippen LogP contribution is -2.05. The number of nitrogens with zero attached hydrogens (tertiary/aromatic N) is 1. The third-order valence-electron chi connectivity index (χ3n) is 2.78. The number of anilines is 1. The van der Waals surface area contributed by atoms with Gasteiger partial charge in [-0.05, 0) is 38.0 Å². The molecule has 1 N–H and O–H groups in total. The van der Waals surface area contributed by atoms with Gasteiger partial charge in [-0.1, -0.05) is 18.0 Å². The Hall–Kier alpha value is -1.73. The zero-order chi connectivity index (χ0) is 14.8. The van der Waals surface area contributed by atoms with Gasteiger partial charge >= 0.3 is 5.97 Å². The van der Waals surface area contributed by atoms with Crippen LogP contribution in [0.3, 0.4) is 0 Å². The van der Waals surface area contributed by atoms with Crippen molar-refractivity contribution in [2.75, 3.05) is 18.5 Å². The second-order valence-electron chi connectivity index (χ2n) is 4.34. The number of unbranched alkanes of at least 4 members (excludes halogenated alkanes) is 2. The molecule has 1 aromatic rings. The first kappa shape index (κ1) is 16.3. The Balaban J connectivity index is 2.23. The highest BCUT2D eigenvalue weighted by atomic mass is 35.5. The molecule has 0 heterocycles. The van der Waals surface area contributed by atoms with Crippen LogP contribution in [0.1, 0.15) is 38.2 Å². The molecule has 0 amide bonds. The van der Waals surface area contributed by atoms with Gasteiger partial charge in [-0.15, -0.1) is 0 Å². The highest BCUT2D eigenvalue weighted by Gasteiger charge is 2.03. The number of benzene rings is 1. The zero-order valence-corrected chi connectivity index (χ0v) is 12.4. The minimum Gasteiger partial charge on any atom is -0.466 e. The van der Waals surface area contributed by atoms with E-state index >= 15 is 0 Å². The lowest BCUT2D eigenvalue weighted by atomic mass is 10.1. The van der Waals surface area contributed by atoms with Crippen molar-refractivity contribution < 1.29 is 9.53 Å². The van der Waals surface area contributed by atoms with Crippen molar-refractivity contribution in [1.82, 2.24) is 0 Å². The predicted molar refractivity (Wildman–Crippen MR) is 79.8 cm³/mol. The van der Waals surface area contributed by atoms with Crippen molar-refractivity contribution in [2.24, 2.45) is 0 Å². The first-order chi connectivity index (χ1) is 9.67. The minimum atomic E-state index is -0.137. The smallest absolute Gasteiger partial charge is 0.305 e. The number of ether oxygens (including phenoxy) is 1. The number of nitriles is 1. The fraction of sp³-hybridized carbons (Fsp3) is 0.467. The summed E-state index contributed by atoms with van der Waals surface area (Å²) < 4.78 is 4.86. The topological polar surface area (TPSA) is 62.1 Å². The summed E-state index contributed by atoms with van der Waals surface area (Å²) >= 11 is 5.90. The second-order valence-corrected chi connectivity index (χ2v) is 4.78. The molecular formula is C15H19ClN2O2. The fourth-order valence-corrected chi connectivity index (χ4v) is 1.96. The maximum absolute atomic E-state index is 11.1. The standard InChI is InChI=1S/C15H19ClN2O2/c1-2-20-15(19)6-4-3-5-9-18-14-10-13(16)8-7-12(14)11-17/h7-8,10,18H,2-6,9H2,1H3. The molecule has 0 spiro atoms. The first-order valence-electron chi connectivity index (χ1n) is 6.76. The molecule has 1 aromatic carbocycles. The average Bonchev–Trinajstić information content (AvgIpc) is 2.43. The second kappa shape index (κ2) is 9.22. The van der Waals surface area contributed by atoms with E-state index in [4.69, 9.17) is 21.6 Å². The number of carbonyl (C=O) groups is 1. The number of nitrogens with one attached hydrogen (secondary N) is 1. The quantitative estimate of drug-likeness (QED) is 0.586. The maximum Gasteiger partial charge on any atom is 0.305 e. The van der Waals surface area contributed by atoms with Crippen molar-refractivity contribution in [2.45, 2.75) is 32.6 Å². The molecule has 0 radical (unpaired) electrons. The Morgan fingerprint density at radius 3 is 2.90 bits per heavy atom. The molecule has 0 saturated heterocycles. The lowest BCUT2D eigenvalue weighted by molar-refractivity contribution is -0.143. The highest BCUT2D eigenvalue weighted by Crippen LogP contribution is 2.20. The van der Waals surface area contributed by atoms with Crippen LogP contribution in [-0.4, -0.2) is 19.1 Å². The van der Waals surface area contributed by atoms with Crippen LogP contribution in [0.4, 0.5) is 5.69 Å². The van der Waals surface area contributed by atoms with E-state index in [0.29, 0.717) is 23.6 Å². The van der Waals surface area contributed by atoms with Crippen LogP contribution >= 0.6 is 11.6 Å². The first-order valence-corrected chi connectivity index (χ1v) is 7.14. The molecule has 108 valence electrons. The third-order valence-corrected chi connectivity index (χ3v) is 3.02. The van der Waals surface area contributed by atoms with Gasteiger partial charge in [0.05, 0.1) is 17.9 Å². The number of carbonyl (C=O) groups excluding carboxylic acids is 1. The molecule has 0 aromatic heterocycles. The lowest BCUT2D eigenvalue weighted by Gasteiger charge is -2.08. The summed E-state index contributed by atoms with van der Waals surface area (Å²) in [6.45, 7) is 2.99. The van der Waals surface area contributed by atoms with Gasteiger partial charge in [-0.3, -0.25) is 4.79 Å². The van der Waals surface area contributed by atoms with Gasteiger partial charge in [0.15, 0.2) is 0 Å². The van der Waals surface area contributed by atoms with Crippen molar-refractivity contribution in [3.8, 4) is 6.07 Å². The molecule has 0 unspecified atom stereocenters. The Labute approximate surface area is 124 Å². The van der Waals surface area contributed by atoms with Gasteiger partial charge in [0.25, 0.3) is 0 Å². The highest BCUT2D eigenvalue weighted by molar-refractivity contribution is 6.30. The van der Waals surface area contributed by atoms with E-state index in [2.05, 4.69) is 11.4 Å². The van der Waals surface area contributed by atoms with Crippen molar-refractivity contribution in [1.29, 1.82) is 5.26 Å². The van der Waals surface area contributed by atoms with Crippen molar-refractivity contribution in [3.05, 3.63) is 28.8 Å². The van der Waals surface area contributed by atoms with Crippen LogP contribution < -0.4 is 5.32 Å². The number of hydrogen-bond donors (Lipinski definition) is 1. The molecule has 0 aliphatic rings. The van der Waals surface area contributed by atoms with Crippen LogP contribution in [0, 0.1) is 11.3 Å². The van der Waals surface area contributed by atoms with Gasteiger partial charge in [0.2, 0.25) is 0 Å². The van der Waals surface area contributed by atoms with Crippen molar-refractivity contribution >= 4 is 23.3 Å². The van der Waals surface area contributed by atoms with Crippen molar-refractivity contribution in [3.63, 3.8) is 0 Å². The molecule has 0 saturated carbocycles. The Morgan fingerprint density at radius 1 is 1.40 bits per heavy atom. The largest absolute Gasteiger partial charge is 0.466 e. The number of hydrogen-bond acceptors (Lipinski definition) is 4. The third kappa shape index (κ3) is 5.94. The number of esters is 1. The molecular weight excluding hydrogens is 276 g/mol.